The molecule has 23 heavy (non-hydrogen) atoms. The molecule has 1 aliphatic heterocycles. The van der Waals surface area contributed by atoms with Crippen LogP contribution in [-0.4, -0.2) is 36.2 Å². The molecule has 1 aromatic rings. The number of carbonyl (C=O) groups excluding carboxylic acids is 3. The molecule has 0 aromatic heterocycles. The van der Waals surface area contributed by atoms with Crippen molar-refractivity contribution in [1.82, 2.24) is 0 Å². The minimum atomic E-state index is -0.805. The first kappa shape index (κ1) is 17.6. The zero-order valence-corrected chi connectivity index (χ0v) is 14.8. The molecule has 0 saturated carbocycles. The predicted molar refractivity (Wildman–Crippen MR) is 93.8 cm³/mol. The van der Waals surface area contributed by atoms with E-state index < -0.39 is 17.6 Å². The molecule has 2 amide bonds. The molecule has 0 bridgehead atoms. The quantitative estimate of drug-likeness (QED) is 0.340. The highest BCUT2D eigenvalue weighted by Gasteiger charge is 2.45. The lowest BCUT2D eigenvalue weighted by atomic mass is 10.2. The second-order valence-electron chi connectivity index (χ2n) is 4.50. The first-order valence-electron chi connectivity index (χ1n) is 7.12. The number of hydrogen-bond donors (Lipinski definition) is 0. The van der Waals surface area contributed by atoms with Gasteiger partial charge in [0.15, 0.2) is 0 Å². The molecule has 0 N–H and O–H groups in total. The Morgan fingerprint density at radius 1 is 1.00 bits per heavy atom. The fourth-order valence-corrected chi connectivity index (χ4v) is 4.32. The van der Waals surface area contributed by atoms with Crippen LogP contribution in [0.15, 0.2) is 34.1 Å². The molecule has 1 aliphatic rings. The summed E-state index contributed by atoms with van der Waals surface area (Å²) in [6.45, 7) is 3.88. The number of carbonyl (C=O) groups is 3. The fraction of sp³-hybridized carbons (Fsp3) is 0.312. The van der Waals surface area contributed by atoms with Crippen LogP contribution in [0.4, 0.5) is 5.69 Å². The highest BCUT2D eigenvalue weighted by Crippen LogP contribution is 2.36. The highest BCUT2D eigenvalue weighted by atomic mass is 32.2. The lowest BCUT2D eigenvalue weighted by molar-refractivity contribution is -0.132. The number of thioether (sulfide) groups is 2. The monoisotopic (exact) mass is 351 g/mol. The molecule has 7 heteroatoms. The maximum Gasteiger partial charge on any atom is 0.306 e. The molecule has 0 aliphatic carbocycles. The average molecular weight is 351 g/mol. The van der Waals surface area contributed by atoms with Crippen molar-refractivity contribution in [1.29, 1.82) is 0 Å². The van der Waals surface area contributed by atoms with Crippen LogP contribution in [0.3, 0.4) is 0 Å². The Bertz CT molecular complexity index is 659. The largest absolute Gasteiger partial charge is 0.497 e. The van der Waals surface area contributed by atoms with Crippen molar-refractivity contribution in [2.45, 2.75) is 13.8 Å². The third-order valence-corrected chi connectivity index (χ3v) is 5.34. The maximum absolute atomic E-state index is 12.6. The molecule has 0 atom stereocenters. The van der Waals surface area contributed by atoms with E-state index in [4.69, 9.17) is 4.74 Å². The number of ether oxygens (including phenoxy) is 1. The maximum atomic E-state index is 12.6. The van der Waals surface area contributed by atoms with Gasteiger partial charge in [-0.25, -0.2) is 4.90 Å². The SMILES string of the molecule is CCSC(SCC)=C1C(=O)C(=O)N(c2ccc(OC)cc2)C1=O. The number of nitrogens with zero attached hydrogens (tertiary/aromatic N) is 1. The van der Waals surface area contributed by atoms with Crippen LogP contribution in [0.1, 0.15) is 13.8 Å². The van der Waals surface area contributed by atoms with Gasteiger partial charge in [0.25, 0.3) is 11.7 Å². The standard InChI is InChI=1S/C16H17NO4S2/c1-4-22-16(23-5-2)12-13(18)15(20)17(14(12)19)10-6-8-11(21-3)9-7-10/h6-9H,4-5H2,1-3H3. The predicted octanol–water partition coefficient (Wildman–Crippen LogP) is 2.86. The molecular weight excluding hydrogens is 334 g/mol. The van der Waals surface area contributed by atoms with Crippen molar-refractivity contribution < 1.29 is 19.1 Å². The van der Waals surface area contributed by atoms with Crippen LogP contribution in [0.5, 0.6) is 5.75 Å². The molecule has 1 fully saturated rings. The Kier molecular flexibility index (Phi) is 5.90. The first-order valence-corrected chi connectivity index (χ1v) is 9.09. The van der Waals surface area contributed by atoms with Crippen LogP contribution in [0.2, 0.25) is 0 Å². The van der Waals surface area contributed by atoms with Gasteiger partial charge in [0.05, 0.1) is 17.0 Å². The molecule has 0 unspecified atom stereocenters. The zero-order valence-electron chi connectivity index (χ0n) is 13.1. The Balaban J connectivity index is 2.44. The van der Waals surface area contributed by atoms with Gasteiger partial charge in [0.1, 0.15) is 11.3 Å². The van der Waals surface area contributed by atoms with Crippen LogP contribution in [0, 0.1) is 0 Å². The minimum Gasteiger partial charge on any atom is -0.497 e. The van der Waals surface area contributed by atoms with E-state index in [1.807, 2.05) is 13.8 Å². The number of methoxy groups -OCH3 is 1. The van der Waals surface area contributed by atoms with Crippen LogP contribution in [-0.2, 0) is 14.4 Å². The summed E-state index contributed by atoms with van der Waals surface area (Å²) in [5.74, 6) is -0.0313. The third kappa shape index (κ3) is 3.45. The Morgan fingerprint density at radius 3 is 2.04 bits per heavy atom. The molecule has 0 spiro atoms. The topological polar surface area (TPSA) is 63.7 Å². The lowest BCUT2D eigenvalue weighted by Gasteiger charge is -2.13. The minimum absolute atomic E-state index is 0.00971. The van der Waals surface area contributed by atoms with Crippen molar-refractivity contribution in [2.75, 3.05) is 23.5 Å². The van der Waals surface area contributed by atoms with Gasteiger partial charge in [-0.15, -0.1) is 23.5 Å². The van der Waals surface area contributed by atoms with Crippen molar-refractivity contribution in [3.05, 3.63) is 34.1 Å². The van der Waals surface area contributed by atoms with E-state index in [2.05, 4.69) is 0 Å². The van der Waals surface area contributed by atoms with Crippen molar-refractivity contribution in [2.24, 2.45) is 0 Å². The van der Waals surface area contributed by atoms with Gasteiger partial charge in [-0.1, -0.05) is 13.8 Å². The number of hydrogen-bond acceptors (Lipinski definition) is 6. The Labute approximate surface area is 143 Å². The van der Waals surface area contributed by atoms with Crippen molar-refractivity contribution >= 4 is 46.8 Å². The van der Waals surface area contributed by atoms with Gasteiger partial charge in [0, 0.05) is 0 Å². The van der Waals surface area contributed by atoms with E-state index >= 15 is 0 Å². The number of amides is 2. The summed E-state index contributed by atoms with van der Waals surface area (Å²) >= 11 is 2.83. The van der Waals surface area contributed by atoms with Crippen molar-refractivity contribution in [3.8, 4) is 5.75 Å². The van der Waals surface area contributed by atoms with Crippen LogP contribution >= 0.6 is 23.5 Å². The summed E-state index contributed by atoms with van der Waals surface area (Å²) in [6.07, 6.45) is 0. The second kappa shape index (κ2) is 7.70. The van der Waals surface area contributed by atoms with Gasteiger partial charge in [-0.3, -0.25) is 14.4 Å². The van der Waals surface area contributed by atoms with E-state index in [9.17, 15) is 14.4 Å². The highest BCUT2D eigenvalue weighted by molar-refractivity contribution is 8.22. The normalized spacial score (nSPS) is 14.7. The van der Waals surface area contributed by atoms with Gasteiger partial charge < -0.3 is 4.74 Å². The van der Waals surface area contributed by atoms with Gasteiger partial charge in [-0.2, -0.15) is 0 Å². The molecular formula is C16H17NO4S2. The van der Waals surface area contributed by atoms with E-state index in [0.717, 1.165) is 16.4 Å². The molecule has 1 heterocycles. The van der Waals surface area contributed by atoms with Gasteiger partial charge in [-0.05, 0) is 35.8 Å². The lowest BCUT2D eigenvalue weighted by Crippen LogP contribution is -2.30. The number of benzene rings is 1. The number of Topliss-reactive ketones (excluding diaryl/α,β-unsaturated/α-hetero) is 1. The number of ketones is 1. The van der Waals surface area contributed by atoms with Gasteiger partial charge >= 0.3 is 5.91 Å². The number of anilines is 1. The van der Waals surface area contributed by atoms with Crippen molar-refractivity contribution in [3.63, 3.8) is 0 Å². The summed E-state index contributed by atoms with van der Waals surface area (Å²) < 4.78 is 5.68. The van der Waals surface area contributed by atoms with E-state index in [1.165, 1.54) is 30.6 Å². The zero-order chi connectivity index (χ0) is 17.0. The number of rotatable bonds is 6. The van der Waals surface area contributed by atoms with Crippen LogP contribution < -0.4 is 9.64 Å². The molecule has 5 nitrogen and oxygen atoms in total. The first-order chi connectivity index (χ1) is 11.0. The Hall–Kier alpha value is -1.73. The molecule has 1 aromatic carbocycles. The average Bonchev–Trinajstić information content (AvgIpc) is 2.77. The van der Waals surface area contributed by atoms with E-state index in [1.54, 1.807) is 24.3 Å². The Morgan fingerprint density at radius 2 is 1.57 bits per heavy atom. The van der Waals surface area contributed by atoms with Gasteiger partial charge in [0.2, 0.25) is 0 Å². The molecule has 122 valence electrons. The summed E-state index contributed by atoms with van der Waals surface area (Å²) in [6, 6.07) is 6.46. The summed E-state index contributed by atoms with van der Waals surface area (Å²) in [5, 5.41) is 0. The molecule has 0 radical (unpaired) electrons. The van der Waals surface area contributed by atoms with E-state index in [0.29, 0.717) is 15.7 Å². The van der Waals surface area contributed by atoms with Crippen LogP contribution in [0.25, 0.3) is 0 Å². The summed E-state index contributed by atoms with van der Waals surface area (Å²) in [4.78, 5) is 38.1. The summed E-state index contributed by atoms with van der Waals surface area (Å²) in [7, 11) is 1.53. The molecule has 1 saturated heterocycles. The second-order valence-corrected chi connectivity index (χ2v) is 7.31. The third-order valence-electron chi connectivity index (χ3n) is 3.13. The molecule has 2 rings (SSSR count). The summed E-state index contributed by atoms with van der Waals surface area (Å²) in [5.41, 5.74) is 0.357. The van der Waals surface area contributed by atoms with E-state index in [-0.39, 0.29) is 5.57 Å². The fourth-order valence-electron chi connectivity index (χ4n) is 2.10. The smallest absolute Gasteiger partial charge is 0.306 e. The number of imide groups is 1.